The number of guanidine groups is 1. The Morgan fingerprint density at radius 1 is 1.41 bits per heavy atom. The molecule has 1 aliphatic heterocycles. The van der Waals surface area contributed by atoms with Crippen molar-refractivity contribution in [3.8, 4) is 5.88 Å². The number of aliphatic imine (C=N–C) groups is 1. The Kier molecular flexibility index (Phi) is 5.93. The highest BCUT2D eigenvalue weighted by Crippen LogP contribution is 2.29. The van der Waals surface area contributed by atoms with E-state index in [0.29, 0.717) is 31.4 Å². The van der Waals surface area contributed by atoms with Crippen LogP contribution in [0.2, 0.25) is 0 Å². The molecule has 0 aromatic carbocycles. The molecule has 1 saturated carbocycles. The van der Waals surface area contributed by atoms with Crippen molar-refractivity contribution >= 4 is 15.8 Å². The van der Waals surface area contributed by atoms with Gasteiger partial charge >= 0.3 is 0 Å². The van der Waals surface area contributed by atoms with E-state index in [4.69, 9.17) is 9.73 Å². The fraction of sp³-hybridized carbons (Fsp3) is 0.684. The third-order valence-electron chi connectivity index (χ3n) is 5.05. The van der Waals surface area contributed by atoms with Crippen LogP contribution >= 0.6 is 0 Å². The van der Waals surface area contributed by atoms with E-state index in [0.717, 1.165) is 24.7 Å². The Balaban J connectivity index is 1.63. The van der Waals surface area contributed by atoms with Crippen molar-refractivity contribution in [1.29, 1.82) is 0 Å². The lowest BCUT2D eigenvalue weighted by Gasteiger charge is -2.39. The SMILES string of the molecule is CCNC(=NCc1ccc(OCC2CC2)nc1)N1CCS(=O)(=O)C(C)(C)C1. The molecule has 2 heterocycles. The first-order valence-corrected chi connectivity index (χ1v) is 11.3. The minimum Gasteiger partial charge on any atom is -0.477 e. The summed E-state index contributed by atoms with van der Waals surface area (Å²) in [5, 5.41) is 3.27. The van der Waals surface area contributed by atoms with E-state index in [1.54, 1.807) is 20.0 Å². The van der Waals surface area contributed by atoms with Gasteiger partial charge in [0.05, 0.1) is 23.7 Å². The topological polar surface area (TPSA) is 83.9 Å². The second kappa shape index (κ2) is 8.04. The summed E-state index contributed by atoms with van der Waals surface area (Å²) in [5.74, 6) is 2.26. The molecular weight excluding hydrogens is 364 g/mol. The first kappa shape index (κ1) is 19.9. The molecule has 8 heteroatoms. The van der Waals surface area contributed by atoms with Gasteiger partial charge < -0.3 is 15.0 Å². The largest absolute Gasteiger partial charge is 0.477 e. The minimum absolute atomic E-state index is 0.152. The van der Waals surface area contributed by atoms with E-state index < -0.39 is 14.6 Å². The summed E-state index contributed by atoms with van der Waals surface area (Å²) in [5.41, 5.74) is 0.994. The first-order chi connectivity index (χ1) is 12.8. The second-order valence-electron chi connectivity index (χ2n) is 7.93. The van der Waals surface area contributed by atoms with Crippen molar-refractivity contribution in [3.63, 3.8) is 0 Å². The van der Waals surface area contributed by atoms with E-state index in [1.807, 2.05) is 24.0 Å². The number of rotatable bonds is 6. The summed E-state index contributed by atoms with van der Waals surface area (Å²) in [6.45, 7) is 8.44. The van der Waals surface area contributed by atoms with Crippen LogP contribution in [0.4, 0.5) is 0 Å². The van der Waals surface area contributed by atoms with Gasteiger partial charge in [-0.1, -0.05) is 6.07 Å². The number of sulfone groups is 1. The maximum atomic E-state index is 12.2. The highest BCUT2D eigenvalue weighted by atomic mass is 32.2. The standard InChI is InChI=1S/C19H30N4O3S/c1-4-20-18(23-9-10-27(24,25)19(2,3)14-23)22-12-16-7-8-17(21-11-16)26-13-15-5-6-15/h7-8,11,15H,4-6,9-10,12-14H2,1-3H3,(H,20,22). The normalized spacial score (nSPS) is 21.7. The number of hydrogen-bond acceptors (Lipinski definition) is 5. The van der Waals surface area contributed by atoms with Crippen molar-refractivity contribution in [2.75, 3.05) is 32.0 Å². The fourth-order valence-corrected chi connectivity index (χ4v) is 4.36. The molecule has 0 spiro atoms. The lowest BCUT2D eigenvalue weighted by atomic mass is 10.2. The highest BCUT2D eigenvalue weighted by molar-refractivity contribution is 7.92. The zero-order chi connectivity index (χ0) is 19.5. The molecule has 2 fully saturated rings. The van der Waals surface area contributed by atoms with Gasteiger partial charge in [-0.15, -0.1) is 0 Å². The van der Waals surface area contributed by atoms with Gasteiger partial charge in [-0.3, -0.25) is 0 Å². The fourth-order valence-electron chi connectivity index (χ4n) is 2.99. The van der Waals surface area contributed by atoms with Crippen molar-refractivity contribution in [2.24, 2.45) is 10.9 Å². The molecule has 3 rings (SSSR count). The van der Waals surface area contributed by atoms with Crippen molar-refractivity contribution in [1.82, 2.24) is 15.2 Å². The van der Waals surface area contributed by atoms with Gasteiger partial charge in [-0.25, -0.2) is 18.4 Å². The molecule has 7 nitrogen and oxygen atoms in total. The van der Waals surface area contributed by atoms with Crippen LogP contribution in [0.3, 0.4) is 0 Å². The van der Waals surface area contributed by atoms with Gasteiger partial charge in [0.25, 0.3) is 0 Å². The molecule has 0 atom stereocenters. The molecule has 27 heavy (non-hydrogen) atoms. The molecule has 150 valence electrons. The molecule has 0 bridgehead atoms. The Bertz CT molecular complexity index is 771. The average Bonchev–Trinajstić information content (AvgIpc) is 3.45. The molecule has 2 aliphatic rings. The zero-order valence-corrected chi connectivity index (χ0v) is 17.3. The van der Waals surface area contributed by atoms with Crippen LogP contribution in [0.1, 0.15) is 39.2 Å². The maximum Gasteiger partial charge on any atom is 0.213 e. The van der Waals surface area contributed by atoms with E-state index in [1.165, 1.54) is 12.8 Å². The number of pyridine rings is 1. The summed E-state index contributed by atoms with van der Waals surface area (Å²) in [4.78, 5) is 11.1. The monoisotopic (exact) mass is 394 g/mol. The summed E-state index contributed by atoms with van der Waals surface area (Å²) >= 11 is 0. The van der Waals surface area contributed by atoms with Crippen LogP contribution in [0, 0.1) is 5.92 Å². The van der Waals surface area contributed by atoms with Gasteiger partial charge in [0.15, 0.2) is 15.8 Å². The van der Waals surface area contributed by atoms with Crippen molar-refractivity contribution in [2.45, 2.75) is 44.9 Å². The Labute approximate surface area is 162 Å². The number of nitrogens with one attached hydrogen (secondary N) is 1. The molecule has 1 saturated heterocycles. The predicted octanol–water partition coefficient (Wildman–Crippen LogP) is 1.84. The Morgan fingerprint density at radius 2 is 2.19 bits per heavy atom. The van der Waals surface area contributed by atoms with Gasteiger partial charge in [0.2, 0.25) is 5.88 Å². The number of ether oxygens (including phenoxy) is 1. The van der Waals surface area contributed by atoms with Crippen LogP contribution in [-0.2, 0) is 16.4 Å². The van der Waals surface area contributed by atoms with E-state index in [-0.39, 0.29) is 5.75 Å². The first-order valence-electron chi connectivity index (χ1n) is 9.64. The molecule has 1 aliphatic carbocycles. The van der Waals surface area contributed by atoms with Crippen molar-refractivity contribution < 1.29 is 13.2 Å². The summed E-state index contributed by atoms with van der Waals surface area (Å²) in [6.07, 6.45) is 4.31. The lowest BCUT2D eigenvalue weighted by Crippen LogP contribution is -2.57. The molecule has 0 unspecified atom stereocenters. The molecule has 1 aromatic heterocycles. The van der Waals surface area contributed by atoms with Crippen LogP contribution in [-0.4, -0.2) is 61.0 Å². The Morgan fingerprint density at radius 3 is 2.78 bits per heavy atom. The van der Waals surface area contributed by atoms with Gasteiger partial charge in [0, 0.05) is 31.9 Å². The summed E-state index contributed by atoms with van der Waals surface area (Å²) < 4.78 is 29.4. The van der Waals surface area contributed by atoms with Crippen LogP contribution in [0.25, 0.3) is 0 Å². The van der Waals surface area contributed by atoms with Crippen LogP contribution < -0.4 is 10.1 Å². The smallest absolute Gasteiger partial charge is 0.213 e. The molecule has 0 amide bonds. The number of hydrogen-bond donors (Lipinski definition) is 1. The Hall–Kier alpha value is -1.83. The summed E-state index contributed by atoms with van der Waals surface area (Å²) in [7, 11) is -3.07. The third kappa shape index (κ3) is 5.12. The third-order valence-corrected chi connectivity index (χ3v) is 7.58. The zero-order valence-electron chi connectivity index (χ0n) is 16.4. The van der Waals surface area contributed by atoms with Gasteiger partial charge in [-0.2, -0.15) is 0 Å². The van der Waals surface area contributed by atoms with Gasteiger partial charge in [-0.05, 0) is 45.1 Å². The van der Waals surface area contributed by atoms with Crippen LogP contribution in [0.15, 0.2) is 23.3 Å². The molecule has 0 radical (unpaired) electrons. The average molecular weight is 395 g/mol. The quantitative estimate of drug-likeness (QED) is 0.586. The van der Waals surface area contributed by atoms with E-state index in [2.05, 4.69) is 10.3 Å². The van der Waals surface area contributed by atoms with Gasteiger partial charge in [0.1, 0.15) is 0 Å². The number of aromatic nitrogens is 1. The van der Waals surface area contributed by atoms with Crippen molar-refractivity contribution in [3.05, 3.63) is 23.9 Å². The van der Waals surface area contributed by atoms with E-state index in [9.17, 15) is 8.42 Å². The second-order valence-corrected chi connectivity index (χ2v) is 10.7. The van der Waals surface area contributed by atoms with Crippen LogP contribution in [0.5, 0.6) is 5.88 Å². The molecule has 1 N–H and O–H groups in total. The van der Waals surface area contributed by atoms with E-state index >= 15 is 0 Å². The summed E-state index contributed by atoms with van der Waals surface area (Å²) in [6, 6.07) is 3.86. The molecule has 1 aromatic rings. The highest BCUT2D eigenvalue weighted by Gasteiger charge is 2.40. The molecular formula is C19H30N4O3S. The predicted molar refractivity (Wildman–Crippen MR) is 107 cm³/mol. The number of nitrogens with zero attached hydrogens (tertiary/aromatic N) is 3. The maximum absolute atomic E-state index is 12.2. The lowest BCUT2D eigenvalue weighted by molar-refractivity contribution is 0.288. The minimum atomic E-state index is -3.07.